The van der Waals surface area contributed by atoms with Crippen LogP contribution in [-0.4, -0.2) is 62.4 Å². The molecule has 2 aromatic rings. The Morgan fingerprint density at radius 3 is 2.46 bits per heavy atom. The zero-order valence-corrected chi connectivity index (χ0v) is 24.4. The maximum Gasteiger partial charge on any atom is 0.227 e. The molecular formula is C30H52N8O. The topological polar surface area (TPSA) is 106 Å². The monoisotopic (exact) mass is 540 g/mol. The van der Waals surface area contributed by atoms with Crippen molar-refractivity contribution >= 4 is 22.9 Å². The Morgan fingerprint density at radius 2 is 1.74 bits per heavy atom. The van der Waals surface area contributed by atoms with Crippen LogP contribution in [0.15, 0.2) is 6.33 Å². The number of hydrogen-bond acceptors (Lipinski definition) is 8. The first kappa shape index (κ1) is 28.6. The van der Waals surface area contributed by atoms with Gasteiger partial charge in [-0.2, -0.15) is 9.97 Å². The van der Waals surface area contributed by atoms with Crippen molar-refractivity contribution in [3.8, 4) is 0 Å². The molecular weight excluding hydrogens is 488 g/mol. The fourth-order valence-electron chi connectivity index (χ4n) is 6.81. The normalized spacial score (nSPS) is 24.4. The van der Waals surface area contributed by atoms with Crippen molar-refractivity contribution in [3.05, 3.63) is 6.33 Å². The number of hydrazine groups is 1. The van der Waals surface area contributed by atoms with Gasteiger partial charge in [-0.3, -0.25) is 0 Å². The van der Waals surface area contributed by atoms with Crippen molar-refractivity contribution < 1.29 is 4.74 Å². The molecule has 2 aliphatic carbocycles. The van der Waals surface area contributed by atoms with Gasteiger partial charge in [0.2, 0.25) is 5.95 Å². The van der Waals surface area contributed by atoms with Crippen molar-refractivity contribution in [2.45, 2.75) is 134 Å². The minimum atomic E-state index is 0.328. The molecule has 9 nitrogen and oxygen atoms in total. The van der Waals surface area contributed by atoms with Gasteiger partial charge in [0, 0.05) is 37.8 Å². The number of piperidine rings is 1. The van der Waals surface area contributed by atoms with E-state index in [0.717, 1.165) is 81.6 Å². The fraction of sp³-hybridized carbons (Fsp3) is 0.833. The SMILES string of the molecule is CCCCCC(OCCC)C1CCN(Nc2nc(NC3CCC(N)CC3)nc3c2ncn3C2CCCC2)CC1. The predicted molar refractivity (Wildman–Crippen MR) is 159 cm³/mol. The van der Waals surface area contributed by atoms with Crippen LogP contribution in [0.25, 0.3) is 11.2 Å². The summed E-state index contributed by atoms with van der Waals surface area (Å²) >= 11 is 0. The quantitative estimate of drug-likeness (QED) is 0.264. The minimum Gasteiger partial charge on any atom is -0.378 e. The lowest BCUT2D eigenvalue weighted by atomic mass is 9.88. The van der Waals surface area contributed by atoms with E-state index in [1.54, 1.807) is 0 Å². The third-order valence-corrected chi connectivity index (χ3v) is 9.20. The molecule has 1 aliphatic heterocycles. The lowest BCUT2D eigenvalue weighted by Gasteiger charge is -2.36. The van der Waals surface area contributed by atoms with Gasteiger partial charge in [0.1, 0.15) is 0 Å². The number of rotatable bonds is 13. The van der Waals surface area contributed by atoms with Crippen molar-refractivity contribution in [1.29, 1.82) is 0 Å². The summed E-state index contributed by atoms with van der Waals surface area (Å²) in [4.78, 5) is 14.8. The second kappa shape index (κ2) is 14.1. The first-order chi connectivity index (χ1) is 19.1. The van der Waals surface area contributed by atoms with E-state index >= 15 is 0 Å². The lowest BCUT2D eigenvalue weighted by molar-refractivity contribution is -0.0131. The average Bonchev–Trinajstić information content (AvgIpc) is 3.63. The average molecular weight is 541 g/mol. The van der Waals surface area contributed by atoms with Crippen LogP contribution in [-0.2, 0) is 4.74 Å². The maximum absolute atomic E-state index is 6.35. The van der Waals surface area contributed by atoms with E-state index < -0.39 is 0 Å². The first-order valence-corrected chi connectivity index (χ1v) is 16.0. The molecule has 4 N–H and O–H groups in total. The van der Waals surface area contributed by atoms with Gasteiger partial charge >= 0.3 is 0 Å². The summed E-state index contributed by atoms with van der Waals surface area (Å²) in [5.41, 5.74) is 11.7. The summed E-state index contributed by atoms with van der Waals surface area (Å²) in [6.45, 7) is 7.34. The molecule has 1 unspecified atom stereocenters. The molecule has 0 bridgehead atoms. The summed E-state index contributed by atoms with van der Waals surface area (Å²) in [6, 6.07) is 1.19. The molecule has 1 atom stereocenters. The van der Waals surface area contributed by atoms with E-state index in [9.17, 15) is 0 Å². The number of hydrogen-bond donors (Lipinski definition) is 3. The van der Waals surface area contributed by atoms with E-state index in [0.29, 0.717) is 36.1 Å². The van der Waals surface area contributed by atoms with Crippen LogP contribution in [0.4, 0.5) is 11.8 Å². The van der Waals surface area contributed by atoms with Crippen LogP contribution in [0.2, 0.25) is 0 Å². The highest BCUT2D eigenvalue weighted by Crippen LogP contribution is 2.34. The second-order valence-electron chi connectivity index (χ2n) is 12.3. The Labute approximate surface area is 235 Å². The molecule has 2 aromatic heterocycles. The third kappa shape index (κ3) is 7.41. The Bertz CT molecular complexity index is 1010. The number of nitrogens with one attached hydrogen (secondary N) is 2. The highest BCUT2D eigenvalue weighted by Gasteiger charge is 2.29. The Hall–Kier alpha value is -1.97. The zero-order valence-electron chi connectivity index (χ0n) is 24.4. The standard InChI is InChI=1S/C30H52N8O/c1-3-5-6-11-26(39-20-4-2)22-16-18-37(19-17-22)36-28-27-29(38(21-32-27)25-9-7-8-10-25)35-30(34-28)33-24-14-12-23(31)13-15-24/h21-26H,3-20,31H2,1-2H3,(H2,33,34,35,36). The molecule has 3 fully saturated rings. The van der Waals surface area contributed by atoms with Gasteiger partial charge in [-0.25, -0.2) is 9.99 Å². The predicted octanol–water partition coefficient (Wildman–Crippen LogP) is 6.04. The van der Waals surface area contributed by atoms with Gasteiger partial charge in [-0.05, 0) is 70.1 Å². The number of anilines is 2. The van der Waals surface area contributed by atoms with E-state index in [-0.39, 0.29) is 0 Å². The summed E-state index contributed by atoms with van der Waals surface area (Å²) in [5.74, 6) is 2.17. The Kier molecular flexibility index (Phi) is 10.3. The molecule has 3 aliphatic rings. The van der Waals surface area contributed by atoms with Gasteiger partial charge in [0.05, 0.1) is 12.4 Å². The van der Waals surface area contributed by atoms with Crippen molar-refractivity contribution in [2.24, 2.45) is 11.7 Å². The van der Waals surface area contributed by atoms with Crippen LogP contribution in [0.5, 0.6) is 0 Å². The number of fused-ring (bicyclic) bond motifs is 1. The summed E-state index contributed by atoms with van der Waals surface area (Å²) < 4.78 is 8.65. The molecule has 1 saturated heterocycles. The number of unbranched alkanes of at least 4 members (excludes halogenated alkanes) is 2. The molecule has 0 aromatic carbocycles. The lowest BCUT2D eigenvalue weighted by Crippen LogP contribution is -2.42. The number of imidazole rings is 1. The minimum absolute atomic E-state index is 0.328. The van der Waals surface area contributed by atoms with Crippen LogP contribution in [0.1, 0.15) is 116 Å². The van der Waals surface area contributed by atoms with E-state index in [1.165, 1.54) is 51.4 Å². The molecule has 0 amide bonds. The molecule has 3 heterocycles. The Balaban J connectivity index is 1.29. The fourth-order valence-corrected chi connectivity index (χ4v) is 6.81. The van der Waals surface area contributed by atoms with Crippen molar-refractivity contribution in [1.82, 2.24) is 24.5 Å². The second-order valence-corrected chi connectivity index (χ2v) is 12.3. The van der Waals surface area contributed by atoms with Gasteiger partial charge in [-0.1, -0.05) is 46.0 Å². The van der Waals surface area contributed by atoms with Crippen LogP contribution in [0, 0.1) is 5.92 Å². The van der Waals surface area contributed by atoms with Crippen LogP contribution < -0.4 is 16.5 Å². The third-order valence-electron chi connectivity index (χ3n) is 9.20. The zero-order chi connectivity index (χ0) is 27.0. The van der Waals surface area contributed by atoms with Gasteiger partial charge in [0.15, 0.2) is 17.0 Å². The number of aromatic nitrogens is 4. The smallest absolute Gasteiger partial charge is 0.227 e. The maximum atomic E-state index is 6.35. The van der Waals surface area contributed by atoms with Gasteiger partial charge in [0.25, 0.3) is 0 Å². The molecule has 9 heteroatoms. The molecule has 218 valence electrons. The number of ether oxygens (including phenoxy) is 1. The first-order valence-electron chi connectivity index (χ1n) is 16.0. The number of nitrogens with two attached hydrogens (primary N) is 1. The van der Waals surface area contributed by atoms with Gasteiger partial charge in [-0.15, -0.1) is 0 Å². The summed E-state index contributed by atoms with van der Waals surface area (Å²) in [7, 11) is 0. The van der Waals surface area contributed by atoms with E-state index in [4.69, 9.17) is 25.4 Å². The van der Waals surface area contributed by atoms with E-state index in [1.807, 2.05) is 6.33 Å². The van der Waals surface area contributed by atoms with Gasteiger partial charge < -0.3 is 25.8 Å². The molecule has 0 radical (unpaired) electrons. The molecule has 0 spiro atoms. The molecule has 5 rings (SSSR count). The van der Waals surface area contributed by atoms with E-state index in [2.05, 4.69) is 34.2 Å². The molecule has 39 heavy (non-hydrogen) atoms. The van der Waals surface area contributed by atoms with Crippen LogP contribution >= 0.6 is 0 Å². The molecule has 2 saturated carbocycles. The largest absolute Gasteiger partial charge is 0.378 e. The van der Waals surface area contributed by atoms with Crippen molar-refractivity contribution in [3.63, 3.8) is 0 Å². The van der Waals surface area contributed by atoms with Crippen molar-refractivity contribution in [2.75, 3.05) is 30.4 Å². The number of nitrogens with zero attached hydrogens (tertiary/aromatic N) is 5. The summed E-state index contributed by atoms with van der Waals surface area (Å²) in [6.07, 6.45) is 20.0. The highest BCUT2D eigenvalue weighted by atomic mass is 16.5. The Morgan fingerprint density at radius 1 is 0.974 bits per heavy atom. The highest BCUT2D eigenvalue weighted by molar-refractivity contribution is 5.84. The summed E-state index contributed by atoms with van der Waals surface area (Å²) in [5, 5.41) is 5.98. The van der Waals surface area contributed by atoms with Crippen LogP contribution in [0.3, 0.4) is 0 Å².